The van der Waals surface area contributed by atoms with Gasteiger partial charge in [-0.15, -0.1) is 16.4 Å². The van der Waals surface area contributed by atoms with Crippen molar-refractivity contribution in [3.8, 4) is 0 Å². The van der Waals surface area contributed by atoms with Gasteiger partial charge in [0.25, 0.3) is 0 Å². The van der Waals surface area contributed by atoms with Crippen molar-refractivity contribution in [3.05, 3.63) is 69.9 Å². The fourth-order valence-electron chi connectivity index (χ4n) is 3.71. The van der Waals surface area contributed by atoms with Crippen LogP contribution < -0.4 is 0 Å². The quantitative estimate of drug-likeness (QED) is 0.579. The molecule has 0 unspecified atom stereocenters. The van der Waals surface area contributed by atoms with Crippen molar-refractivity contribution in [1.82, 2.24) is 25.1 Å². The number of hydrogen-bond donors (Lipinski definition) is 0. The lowest BCUT2D eigenvalue weighted by molar-refractivity contribution is 0.215. The zero-order valence-electron chi connectivity index (χ0n) is 17.0. The first-order valence-electron chi connectivity index (χ1n) is 10.0. The van der Waals surface area contributed by atoms with Crippen LogP contribution in [0.15, 0.2) is 47.9 Å². The van der Waals surface area contributed by atoms with Crippen LogP contribution in [0.25, 0.3) is 5.57 Å². The van der Waals surface area contributed by atoms with Gasteiger partial charge in [0.05, 0.1) is 5.54 Å². The topological polar surface area (TPSA) is 46.8 Å². The van der Waals surface area contributed by atoms with Gasteiger partial charge in [0.15, 0.2) is 5.82 Å². The minimum absolute atomic E-state index is 0.0156. The van der Waals surface area contributed by atoms with Crippen LogP contribution in [0.5, 0.6) is 0 Å². The molecule has 152 valence electrons. The van der Waals surface area contributed by atoms with E-state index in [4.69, 9.17) is 0 Å². The Kier molecular flexibility index (Phi) is 5.61. The first-order chi connectivity index (χ1) is 14.0. The summed E-state index contributed by atoms with van der Waals surface area (Å²) in [7, 11) is 0. The van der Waals surface area contributed by atoms with Crippen molar-refractivity contribution in [2.24, 2.45) is 0 Å². The lowest BCUT2D eigenvalue weighted by Gasteiger charge is -2.34. The molecule has 0 saturated carbocycles. The normalized spacial score (nSPS) is 16.6. The molecular weight excluding hydrogens is 385 g/mol. The Hall–Kier alpha value is -2.38. The molecule has 0 radical (unpaired) electrons. The summed E-state index contributed by atoms with van der Waals surface area (Å²) >= 11 is 1.74. The molecule has 1 aliphatic heterocycles. The molecule has 0 bridgehead atoms. The molecule has 5 nitrogen and oxygen atoms in total. The van der Waals surface area contributed by atoms with Gasteiger partial charge in [-0.25, -0.2) is 9.07 Å². The molecule has 0 fully saturated rings. The number of benzene rings is 1. The molecule has 0 amide bonds. The van der Waals surface area contributed by atoms with Crippen LogP contribution in [0.2, 0.25) is 0 Å². The summed E-state index contributed by atoms with van der Waals surface area (Å²) in [6, 6.07) is 11.0. The maximum absolute atomic E-state index is 13.3. The Morgan fingerprint density at radius 2 is 2.00 bits per heavy atom. The Morgan fingerprint density at radius 1 is 1.21 bits per heavy atom. The van der Waals surface area contributed by atoms with Gasteiger partial charge in [0, 0.05) is 18.0 Å². The summed E-state index contributed by atoms with van der Waals surface area (Å²) in [6.45, 7) is 8.19. The van der Waals surface area contributed by atoms with Crippen LogP contribution in [0, 0.1) is 5.82 Å². The molecule has 3 heterocycles. The molecule has 3 aromatic rings. The van der Waals surface area contributed by atoms with Crippen LogP contribution in [-0.4, -0.2) is 38.2 Å². The highest BCUT2D eigenvalue weighted by molar-refractivity contribution is 7.10. The number of nitrogens with zero attached hydrogens (tertiary/aromatic N) is 5. The van der Waals surface area contributed by atoms with E-state index in [1.165, 1.54) is 22.6 Å². The molecular formula is C22H26FN5S. The van der Waals surface area contributed by atoms with E-state index in [-0.39, 0.29) is 17.4 Å². The monoisotopic (exact) mass is 411 g/mol. The van der Waals surface area contributed by atoms with Gasteiger partial charge in [-0.2, -0.15) is 0 Å². The number of aromatic nitrogens is 4. The van der Waals surface area contributed by atoms with E-state index in [1.54, 1.807) is 11.3 Å². The summed E-state index contributed by atoms with van der Waals surface area (Å²) in [5.74, 6) is 0.688. The van der Waals surface area contributed by atoms with Gasteiger partial charge in [-0.3, -0.25) is 4.90 Å². The lowest BCUT2D eigenvalue weighted by atomic mass is 9.97. The average Bonchev–Trinajstić information content (AvgIpc) is 3.43. The van der Waals surface area contributed by atoms with E-state index >= 15 is 0 Å². The summed E-state index contributed by atoms with van der Waals surface area (Å²) in [5, 5.41) is 14.9. The summed E-state index contributed by atoms with van der Waals surface area (Å²) in [5.41, 5.74) is 2.20. The van der Waals surface area contributed by atoms with Gasteiger partial charge < -0.3 is 0 Å². The van der Waals surface area contributed by atoms with Crippen LogP contribution in [-0.2, 0) is 5.54 Å². The SMILES string of the molecule is CCC(C)(C)n1nnnc1[C@@H](c1cccs1)N1CC=C(c2ccc(F)cc2)CC1. The van der Waals surface area contributed by atoms with E-state index < -0.39 is 0 Å². The minimum Gasteiger partial charge on any atom is -0.285 e. The van der Waals surface area contributed by atoms with Crippen molar-refractivity contribution in [1.29, 1.82) is 0 Å². The Balaban J connectivity index is 1.65. The van der Waals surface area contributed by atoms with E-state index in [2.05, 4.69) is 64.8 Å². The van der Waals surface area contributed by atoms with Crippen molar-refractivity contribution in [2.75, 3.05) is 13.1 Å². The van der Waals surface area contributed by atoms with Crippen molar-refractivity contribution >= 4 is 16.9 Å². The first kappa shape index (κ1) is 19.9. The molecule has 1 aliphatic rings. The predicted molar refractivity (Wildman–Crippen MR) is 114 cm³/mol. The molecule has 0 spiro atoms. The second-order valence-corrected chi connectivity index (χ2v) is 8.99. The maximum Gasteiger partial charge on any atom is 0.174 e. The molecule has 1 atom stereocenters. The van der Waals surface area contributed by atoms with Gasteiger partial charge in [0.2, 0.25) is 0 Å². The number of thiophene rings is 1. The van der Waals surface area contributed by atoms with Gasteiger partial charge in [0.1, 0.15) is 11.9 Å². The van der Waals surface area contributed by atoms with Crippen LogP contribution >= 0.6 is 11.3 Å². The highest BCUT2D eigenvalue weighted by atomic mass is 32.1. The zero-order chi connectivity index (χ0) is 20.4. The molecule has 2 aromatic heterocycles. The third-order valence-corrected chi connectivity index (χ3v) is 6.73. The molecule has 1 aromatic carbocycles. The Bertz CT molecular complexity index is 975. The number of tetrazole rings is 1. The summed E-state index contributed by atoms with van der Waals surface area (Å²) < 4.78 is 15.2. The zero-order valence-corrected chi connectivity index (χ0v) is 17.9. The van der Waals surface area contributed by atoms with Gasteiger partial charge >= 0.3 is 0 Å². The maximum atomic E-state index is 13.3. The molecule has 4 rings (SSSR count). The van der Waals surface area contributed by atoms with Gasteiger partial charge in [-0.05, 0) is 71.8 Å². The van der Waals surface area contributed by atoms with Crippen molar-refractivity contribution in [3.63, 3.8) is 0 Å². The van der Waals surface area contributed by atoms with E-state index in [9.17, 15) is 4.39 Å². The number of hydrogen-bond acceptors (Lipinski definition) is 5. The largest absolute Gasteiger partial charge is 0.285 e. The van der Waals surface area contributed by atoms with Crippen LogP contribution in [0.4, 0.5) is 4.39 Å². The fourth-order valence-corrected chi connectivity index (χ4v) is 4.56. The minimum atomic E-state index is -0.199. The van der Waals surface area contributed by atoms with Crippen LogP contribution in [0.3, 0.4) is 0 Å². The lowest BCUT2D eigenvalue weighted by Crippen LogP contribution is -2.37. The molecule has 0 saturated heterocycles. The highest BCUT2D eigenvalue weighted by Crippen LogP contribution is 2.35. The van der Waals surface area contributed by atoms with Crippen molar-refractivity contribution in [2.45, 2.75) is 45.2 Å². The highest BCUT2D eigenvalue weighted by Gasteiger charge is 2.33. The Labute approximate surface area is 174 Å². The van der Waals surface area contributed by atoms with Gasteiger partial charge in [-0.1, -0.05) is 31.2 Å². The number of rotatable bonds is 6. The molecule has 0 N–H and O–H groups in total. The average molecular weight is 412 g/mol. The third kappa shape index (κ3) is 4.02. The summed E-state index contributed by atoms with van der Waals surface area (Å²) in [6.07, 6.45) is 4.10. The van der Waals surface area contributed by atoms with Crippen LogP contribution in [0.1, 0.15) is 55.9 Å². The smallest absolute Gasteiger partial charge is 0.174 e. The predicted octanol–water partition coefficient (Wildman–Crippen LogP) is 4.90. The summed E-state index contributed by atoms with van der Waals surface area (Å²) in [4.78, 5) is 3.67. The van der Waals surface area contributed by atoms with Crippen molar-refractivity contribution < 1.29 is 4.39 Å². The standard InChI is InChI=1S/C22H26FN5S/c1-4-22(2,3)28-21(24-25-26-28)20(19-6-5-15-29-19)27-13-11-17(12-14-27)16-7-9-18(23)10-8-16/h5-11,15,20H,4,12-14H2,1-3H3/t20-/m1/s1. The molecule has 29 heavy (non-hydrogen) atoms. The van der Waals surface area contributed by atoms with E-state index in [1.807, 2.05) is 16.8 Å². The van der Waals surface area contributed by atoms with E-state index in [0.717, 1.165) is 37.3 Å². The molecule has 7 heteroatoms. The fraction of sp³-hybridized carbons (Fsp3) is 0.409. The first-order valence-corrected chi connectivity index (χ1v) is 10.9. The van der Waals surface area contributed by atoms with E-state index in [0.29, 0.717) is 0 Å². The molecule has 0 aliphatic carbocycles. The second-order valence-electron chi connectivity index (χ2n) is 8.01. The number of halogens is 1. The third-order valence-electron chi connectivity index (χ3n) is 5.81. The Morgan fingerprint density at radius 3 is 2.62 bits per heavy atom. The second kappa shape index (κ2) is 8.16.